The van der Waals surface area contributed by atoms with Crippen LogP contribution in [0.4, 0.5) is 0 Å². The van der Waals surface area contributed by atoms with E-state index in [2.05, 4.69) is 15.4 Å². The molecule has 0 saturated heterocycles. The molecule has 0 fully saturated rings. The normalized spacial score (nSPS) is 8.70. The first kappa shape index (κ1) is 9.98. The molecular formula is C5H11N4Zr. The second-order valence-corrected chi connectivity index (χ2v) is 3.46. The monoisotopic (exact) mass is 217 g/mol. The van der Waals surface area contributed by atoms with Gasteiger partial charge in [0.1, 0.15) is 0 Å². The molecule has 1 rings (SSSR count). The average molecular weight is 218 g/mol. The van der Waals surface area contributed by atoms with Gasteiger partial charge in [0, 0.05) is 0 Å². The molecule has 0 aliphatic rings. The van der Waals surface area contributed by atoms with Gasteiger partial charge in [-0.15, -0.1) is 0 Å². The molecule has 0 amide bonds. The minimum absolute atomic E-state index is 1.02. The molecule has 0 atom stereocenters. The second kappa shape index (κ2) is 5.74. The van der Waals surface area contributed by atoms with Crippen molar-refractivity contribution in [3.05, 3.63) is 6.20 Å². The number of hydrogen-bond donors (Lipinski definition) is 1. The van der Waals surface area contributed by atoms with E-state index < -0.39 is 0 Å². The van der Waals surface area contributed by atoms with Crippen LogP contribution in [-0.4, -0.2) is 41.5 Å². The Bertz CT molecular complexity index is 146. The zero-order chi connectivity index (χ0) is 7.98. The van der Waals surface area contributed by atoms with Gasteiger partial charge in [-0.3, -0.25) is 0 Å². The third kappa shape index (κ3) is 7.98. The van der Waals surface area contributed by atoms with E-state index in [1.807, 2.05) is 26.0 Å². The van der Waals surface area contributed by atoms with Gasteiger partial charge in [0.05, 0.1) is 0 Å². The Morgan fingerprint density at radius 2 is 2.00 bits per heavy atom. The van der Waals surface area contributed by atoms with Gasteiger partial charge in [0.2, 0.25) is 0 Å². The van der Waals surface area contributed by atoms with Crippen LogP contribution in [-0.2, 0) is 24.7 Å². The number of nitrogens with zero attached hydrogens (tertiary/aromatic N) is 3. The third-order valence-electron chi connectivity index (χ3n) is 0.417. The van der Waals surface area contributed by atoms with Crippen LogP contribution >= 0.6 is 0 Å². The second-order valence-electron chi connectivity index (χ2n) is 2.20. The van der Waals surface area contributed by atoms with Crippen LogP contribution in [0.2, 0.25) is 0 Å². The molecule has 4 nitrogen and oxygen atoms in total. The van der Waals surface area contributed by atoms with Gasteiger partial charge < -0.3 is 4.90 Å². The van der Waals surface area contributed by atoms with Crippen LogP contribution in [0.5, 0.6) is 0 Å². The Kier molecular flexibility index (Phi) is 5.73. The predicted molar refractivity (Wildman–Crippen MR) is 35.6 cm³/mol. The topological polar surface area (TPSA) is 44.8 Å². The van der Waals surface area contributed by atoms with Crippen molar-refractivity contribution in [2.45, 2.75) is 0 Å². The first-order valence-electron chi connectivity index (χ1n) is 2.82. The van der Waals surface area contributed by atoms with Crippen LogP contribution in [0.1, 0.15) is 0 Å². The molecule has 0 radical (unpaired) electrons. The van der Waals surface area contributed by atoms with Crippen molar-refractivity contribution in [2.75, 3.05) is 21.1 Å². The molecule has 0 aliphatic heterocycles. The number of H-pyrrole nitrogens is 1. The maximum absolute atomic E-state index is 3.65. The zero-order valence-electron chi connectivity index (χ0n) is 6.42. The van der Waals surface area contributed by atoms with E-state index in [1.165, 1.54) is 24.7 Å². The Morgan fingerprint density at radius 3 is 2.10 bits per heavy atom. The molecule has 1 aromatic rings. The Morgan fingerprint density at radius 1 is 1.50 bits per heavy atom. The molecule has 10 heavy (non-hydrogen) atoms. The van der Waals surface area contributed by atoms with Crippen LogP contribution in [0.3, 0.4) is 0 Å². The summed E-state index contributed by atoms with van der Waals surface area (Å²) in [5.41, 5.74) is 0. The maximum atomic E-state index is 3.65. The fraction of sp³-hybridized carbons (Fsp3) is 0.600. The molecule has 0 aromatic carbocycles. The van der Waals surface area contributed by atoms with E-state index in [0.29, 0.717) is 0 Å². The molecule has 0 saturated carbocycles. The molecule has 0 unspecified atom stereocenters. The van der Waals surface area contributed by atoms with Crippen molar-refractivity contribution >= 4 is 3.40 Å². The van der Waals surface area contributed by atoms with Crippen molar-refractivity contribution in [2.24, 2.45) is 0 Å². The van der Waals surface area contributed by atoms with E-state index in [1.54, 1.807) is 6.20 Å². The number of aromatic nitrogens is 3. The van der Waals surface area contributed by atoms with Gasteiger partial charge in [-0.05, 0) is 21.1 Å². The summed E-state index contributed by atoms with van der Waals surface area (Å²) in [6.45, 7) is 0. The molecule has 0 aliphatic carbocycles. The van der Waals surface area contributed by atoms with E-state index in [4.69, 9.17) is 0 Å². The Hall–Kier alpha value is -0.0169. The SMILES string of the molecule is CN(C)C.[Zr][c]1c[nH]nn1. The van der Waals surface area contributed by atoms with Crippen molar-refractivity contribution in [1.29, 1.82) is 0 Å². The number of hydrogen-bond acceptors (Lipinski definition) is 3. The van der Waals surface area contributed by atoms with Crippen LogP contribution in [0, 0.1) is 0 Å². The minimum atomic E-state index is 1.02. The fourth-order valence-electron chi connectivity index (χ4n) is 0.202. The van der Waals surface area contributed by atoms with Gasteiger partial charge in [0.25, 0.3) is 0 Å². The first-order valence-corrected chi connectivity index (χ1v) is 4.05. The van der Waals surface area contributed by atoms with Gasteiger partial charge in [-0.1, -0.05) is 0 Å². The number of aromatic amines is 1. The number of rotatable bonds is 0. The van der Waals surface area contributed by atoms with Gasteiger partial charge in [-0.2, -0.15) is 0 Å². The molecule has 1 heterocycles. The van der Waals surface area contributed by atoms with E-state index in [9.17, 15) is 0 Å². The molecule has 0 bridgehead atoms. The molecule has 55 valence electrons. The summed E-state index contributed by atoms with van der Waals surface area (Å²) in [7, 11) is 6.00. The van der Waals surface area contributed by atoms with Crippen LogP contribution < -0.4 is 3.40 Å². The molecular weight excluding hydrogens is 207 g/mol. The predicted octanol–water partition coefficient (Wildman–Crippen LogP) is -0.845. The summed E-state index contributed by atoms with van der Waals surface area (Å²) in [6, 6.07) is 0. The summed E-state index contributed by atoms with van der Waals surface area (Å²) in [6.07, 6.45) is 1.78. The van der Waals surface area contributed by atoms with Crippen molar-refractivity contribution in [3.63, 3.8) is 0 Å². The molecule has 1 aromatic heterocycles. The summed E-state index contributed by atoms with van der Waals surface area (Å²) < 4.78 is 1.02. The Labute approximate surface area is 75.8 Å². The van der Waals surface area contributed by atoms with Crippen molar-refractivity contribution < 1.29 is 24.7 Å². The number of nitrogens with one attached hydrogen (secondary N) is 1. The average Bonchev–Trinajstić information content (AvgIpc) is 2.15. The first-order chi connectivity index (χ1) is 4.63. The summed E-state index contributed by atoms with van der Waals surface area (Å²) in [5, 5.41) is 9.71. The summed E-state index contributed by atoms with van der Waals surface area (Å²) in [4.78, 5) is 2.00. The van der Waals surface area contributed by atoms with E-state index in [-0.39, 0.29) is 0 Å². The van der Waals surface area contributed by atoms with Gasteiger partial charge >= 0.3 is 49.7 Å². The van der Waals surface area contributed by atoms with E-state index in [0.717, 1.165) is 3.40 Å². The van der Waals surface area contributed by atoms with Crippen molar-refractivity contribution in [1.82, 2.24) is 20.3 Å². The van der Waals surface area contributed by atoms with Gasteiger partial charge in [-0.25, -0.2) is 0 Å². The standard InChI is InChI=1S/C3H9N.C2H2N3.Zr/c1-4(2)3;1-2-4-5-3-1;/h1-3H3;1H,(H,3,4,5);. The molecule has 0 spiro atoms. The van der Waals surface area contributed by atoms with Crippen molar-refractivity contribution in [3.8, 4) is 0 Å². The fourth-order valence-corrected chi connectivity index (χ4v) is 0.483. The summed E-state index contributed by atoms with van der Waals surface area (Å²) in [5.74, 6) is 0. The quantitative estimate of drug-likeness (QED) is 0.617. The van der Waals surface area contributed by atoms with Gasteiger partial charge in [0.15, 0.2) is 0 Å². The summed E-state index contributed by atoms with van der Waals surface area (Å²) >= 11 is 1.30. The molecule has 5 heteroatoms. The Balaban J connectivity index is 0.000000180. The van der Waals surface area contributed by atoms with Crippen LogP contribution in [0.15, 0.2) is 6.20 Å². The zero-order valence-corrected chi connectivity index (χ0v) is 8.88. The third-order valence-corrected chi connectivity index (χ3v) is 1.02. The molecule has 1 N–H and O–H groups in total. The van der Waals surface area contributed by atoms with Crippen LogP contribution in [0.25, 0.3) is 0 Å². The van der Waals surface area contributed by atoms with E-state index >= 15 is 0 Å².